The largest absolute Gasteiger partial charge is 0.756 e. The third-order valence-electron chi connectivity index (χ3n) is 12.1. The van der Waals surface area contributed by atoms with Gasteiger partial charge in [0.1, 0.15) is 19.8 Å². The number of hydrogen-bond acceptors (Lipinski definition) is 8. The second-order valence-electron chi connectivity index (χ2n) is 20.9. The fourth-order valence-corrected chi connectivity index (χ4v) is 8.12. The Hall–Kier alpha value is -5.15. The zero-order chi connectivity index (χ0) is 59.8. The van der Waals surface area contributed by atoms with Gasteiger partial charge in [-0.05, 0) is 141 Å². The van der Waals surface area contributed by atoms with Gasteiger partial charge in [-0.2, -0.15) is 0 Å². The minimum Gasteiger partial charge on any atom is -0.756 e. The first kappa shape index (κ1) is 76.9. The zero-order valence-electron chi connectivity index (χ0n) is 51.8. The molecular formula is C72H112NO8P. The molecule has 82 heavy (non-hydrogen) atoms. The van der Waals surface area contributed by atoms with E-state index in [0.717, 1.165) is 154 Å². The molecule has 0 aromatic rings. The number of phosphoric acid groups is 1. The highest BCUT2D eigenvalue weighted by molar-refractivity contribution is 7.45. The molecule has 0 bridgehead atoms. The molecule has 458 valence electrons. The standard InChI is InChI=1S/C72H112NO8P/c1-6-8-10-12-14-16-18-20-22-24-26-28-30-32-34-36-38-40-42-44-46-48-50-52-54-56-58-60-62-64-71(74)78-68-70(69-80-82(76,77)79-67-66-73(3,4)5)81-72(75)65-63-61-59-57-55-53-51-49-47-45-43-41-39-37-35-33-31-29-27-25-23-21-19-17-15-13-11-9-7-2/h8-11,14-17,20-23,26-29,32-35,38-41,44-47,50-53,70H,6-7,12-13,18-19,24-25,30-31,36-37,42-43,48-49,54-69H2,1-5H3/b10-8-,11-9-,16-14-,17-15-,22-20-,23-21-,28-26-,29-27-,34-32-,35-33-,40-38-,41-39-,46-44-,47-45-,52-50-,53-51-. The number of allylic oxidation sites excluding steroid dienone is 32. The summed E-state index contributed by atoms with van der Waals surface area (Å²) in [5, 5.41) is 0. The molecule has 0 aliphatic carbocycles. The summed E-state index contributed by atoms with van der Waals surface area (Å²) < 4.78 is 34.1. The number of likely N-dealkylation sites (N-methyl/N-ethyl adjacent to an activating group) is 1. The topological polar surface area (TPSA) is 111 Å². The van der Waals surface area contributed by atoms with Crippen molar-refractivity contribution in [1.82, 2.24) is 0 Å². The van der Waals surface area contributed by atoms with Crippen LogP contribution >= 0.6 is 7.82 Å². The molecule has 0 fully saturated rings. The molecule has 0 saturated heterocycles. The second-order valence-corrected chi connectivity index (χ2v) is 22.4. The third kappa shape index (κ3) is 64.0. The summed E-state index contributed by atoms with van der Waals surface area (Å²) >= 11 is 0. The molecule has 0 spiro atoms. The minimum atomic E-state index is -4.67. The lowest BCUT2D eigenvalue weighted by Crippen LogP contribution is -2.37. The van der Waals surface area contributed by atoms with Crippen molar-refractivity contribution in [3.05, 3.63) is 194 Å². The molecule has 0 amide bonds. The third-order valence-corrected chi connectivity index (χ3v) is 13.1. The SMILES string of the molecule is CC/C=C\C/C=C\C/C=C\C/C=C\C/C=C\C/C=C\C/C=C\C/C=C\CCCCCCC(=O)OCC(COP(=O)([O-])OCC[N+](C)(C)C)OC(=O)CCCCCC/C=C\C/C=C\C/C=C\C/C=C\C/C=C\C/C=C\C/C=C\C/C=C\CC. The van der Waals surface area contributed by atoms with Gasteiger partial charge in [-0.25, -0.2) is 0 Å². The molecule has 2 unspecified atom stereocenters. The van der Waals surface area contributed by atoms with Gasteiger partial charge in [0, 0.05) is 12.8 Å². The first-order chi connectivity index (χ1) is 40.0. The Morgan fingerprint density at radius 2 is 0.659 bits per heavy atom. The van der Waals surface area contributed by atoms with E-state index in [1.54, 1.807) is 0 Å². The highest BCUT2D eigenvalue weighted by atomic mass is 31.2. The number of unbranched alkanes of at least 4 members (excludes halogenated alkanes) is 8. The van der Waals surface area contributed by atoms with E-state index in [-0.39, 0.29) is 26.1 Å². The Labute approximate surface area is 501 Å². The lowest BCUT2D eigenvalue weighted by molar-refractivity contribution is -0.870. The summed E-state index contributed by atoms with van der Waals surface area (Å²) in [6.45, 7) is 3.91. The average Bonchev–Trinajstić information content (AvgIpc) is 3.44. The molecule has 0 heterocycles. The number of ether oxygens (including phenoxy) is 2. The van der Waals surface area contributed by atoms with Crippen molar-refractivity contribution in [2.45, 2.75) is 200 Å². The normalized spacial score (nSPS) is 14.6. The highest BCUT2D eigenvalue weighted by Gasteiger charge is 2.21. The fourth-order valence-electron chi connectivity index (χ4n) is 7.39. The van der Waals surface area contributed by atoms with Crippen LogP contribution in [0.5, 0.6) is 0 Å². The van der Waals surface area contributed by atoms with Crippen molar-refractivity contribution in [3.63, 3.8) is 0 Å². The zero-order valence-corrected chi connectivity index (χ0v) is 52.7. The van der Waals surface area contributed by atoms with E-state index in [2.05, 4.69) is 208 Å². The van der Waals surface area contributed by atoms with Crippen LogP contribution in [0.2, 0.25) is 0 Å². The first-order valence-electron chi connectivity index (χ1n) is 31.1. The van der Waals surface area contributed by atoms with Crippen LogP contribution in [0.25, 0.3) is 0 Å². The average molecular weight is 1150 g/mol. The quantitative estimate of drug-likeness (QED) is 0.0195. The maximum atomic E-state index is 12.8. The number of carbonyl (C=O) groups is 2. The van der Waals surface area contributed by atoms with Crippen LogP contribution in [0.4, 0.5) is 0 Å². The van der Waals surface area contributed by atoms with E-state index in [1.165, 1.54) is 0 Å². The highest BCUT2D eigenvalue weighted by Crippen LogP contribution is 2.38. The lowest BCUT2D eigenvalue weighted by Gasteiger charge is -2.28. The van der Waals surface area contributed by atoms with Crippen LogP contribution in [0, 0.1) is 0 Å². The maximum Gasteiger partial charge on any atom is 0.306 e. The van der Waals surface area contributed by atoms with Gasteiger partial charge in [-0.1, -0.05) is 234 Å². The minimum absolute atomic E-state index is 0.0533. The van der Waals surface area contributed by atoms with Crippen molar-refractivity contribution in [2.24, 2.45) is 0 Å². The molecule has 0 radical (unpaired) electrons. The molecular weight excluding hydrogens is 1040 g/mol. The summed E-state index contributed by atoms with van der Waals surface area (Å²) in [6.07, 6.45) is 94.8. The van der Waals surface area contributed by atoms with E-state index in [1.807, 2.05) is 21.1 Å². The maximum absolute atomic E-state index is 12.8. The van der Waals surface area contributed by atoms with Crippen LogP contribution in [-0.2, 0) is 32.7 Å². The molecule has 0 aliphatic rings. The van der Waals surface area contributed by atoms with Crippen molar-refractivity contribution in [3.8, 4) is 0 Å². The van der Waals surface area contributed by atoms with Gasteiger partial charge in [0.25, 0.3) is 7.82 Å². The first-order valence-corrected chi connectivity index (χ1v) is 32.6. The van der Waals surface area contributed by atoms with E-state index in [0.29, 0.717) is 23.9 Å². The molecule has 0 saturated carbocycles. The van der Waals surface area contributed by atoms with Crippen LogP contribution in [0.3, 0.4) is 0 Å². The Kier molecular flexibility index (Phi) is 56.6. The van der Waals surface area contributed by atoms with Crippen LogP contribution in [0.1, 0.15) is 194 Å². The Balaban J connectivity index is 4.33. The van der Waals surface area contributed by atoms with Crippen LogP contribution in [-0.4, -0.2) is 70.0 Å². The van der Waals surface area contributed by atoms with E-state index in [9.17, 15) is 19.0 Å². The van der Waals surface area contributed by atoms with E-state index in [4.69, 9.17) is 18.5 Å². The van der Waals surface area contributed by atoms with Gasteiger partial charge in [0.15, 0.2) is 6.10 Å². The molecule has 9 nitrogen and oxygen atoms in total. The number of hydrogen-bond donors (Lipinski definition) is 0. The smallest absolute Gasteiger partial charge is 0.306 e. The molecule has 0 aliphatic heterocycles. The Bertz CT molecular complexity index is 2080. The summed E-state index contributed by atoms with van der Waals surface area (Å²) in [5.74, 6) is -0.912. The molecule has 0 aromatic carbocycles. The number of phosphoric ester groups is 1. The van der Waals surface area contributed by atoms with Gasteiger partial charge < -0.3 is 27.9 Å². The second kappa shape index (κ2) is 60.4. The van der Waals surface area contributed by atoms with E-state index < -0.39 is 32.5 Å². The van der Waals surface area contributed by atoms with Gasteiger partial charge in [-0.15, -0.1) is 0 Å². The molecule has 10 heteroatoms. The van der Waals surface area contributed by atoms with Crippen LogP contribution in [0.15, 0.2) is 194 Å². The Morgan fingerprint density at radius 1 is 0.378 bits per heavy atom. The van der Waals surface area contributed by atoms with Crippen LogP contribution < -0.4 is 4.89 Å². The number of carbonyl (C=O) groups excluding carboxylic acids is 2. The van der Waals surface area contributed by atoms with Gasteiger partial charge in [0.05, 0.1) is 27.7 Å². The predicted octanol–water partition coefficient (Wildman–Crippen LogP) is 19.5. The summed E-state index contributed by atoms with van der Waals surface area (Å²) in [7, 11) is 1.10. The van der Waals surface area contributed by atoms with Crippen molar-refractivity contribution in [1.29, 1.82) is 0 Å². The summed E-state index contributed by atoms with van der Waals surface area (Å²) in [6, 6.07) is 0. The number of rotatable bonds is 54. The lowest BCUT2D eigenvalue weighted by atomic mass is 10.1. The van der Waals surface area contributed by atoms with Gasteiger partial charge in [0.2, 0.25) is 0 Å². The number of quaternary nitrogens is 1. The van der Waals surface area contributed by atoms with Crippen molar-refractivity contribution >= 4 is 19.8 Å². The van der Waals surface area contributed by atoms with Gasteiger partial charge >= 0.3 is 11.9 Å². The molecule has 2 atom stereocenters. The van der Waals surface area contributed by atoms with E-state index >= 15 is 0 Å². The van der Waals surface area contributed by atoms with Gasteiger partial charge in [-0.3, -0.25) is 14.2 Å². The fraction of sp³-hybridized carbons (Fsp3) is 0.528. The predicted molar refractivity (Wildman–Crippen MR) is 350 cm³/mol. The van der Waals surface area contributed by atoms with Crippen molar-refractivity contribution in [2.75, 3.05) is 47.5 Å². The van der Waals surface area contributed by atoms with Crippen molar-refractivity contribution < 1.29 is 42.1 Å². The molecule has 0 aromatic heterocycles. The monoisotopic (exact) mass is 1150 g/mol. The number of esters is 2. The molecule has 0 rings (SSSR count). The number of nitrogens with zero attached hydrogens (tertiary/aromatic N) is 1. The summed E-state index contributed by atoms with van der Waals surface area (Å²) in [5.41, 5.74) is 0. The Morgan fingerprint density at radius 3 is 0.963 bits per heavy atom. The summed E-state index contributed by atoms with van der Waals surface area (Å²) in [4.78, 5) is 38.0. The molecule has 0 N–H and O–H groups in total.